The lowest BCUT2D eigenvalue weighted by molar-refractivity contribution is -0.148. The van der Waals surface area contributed by atoms with Gasteiger partial charge in [-0.3, -0.25) is 4.90 Å². The molecule has 1 aliphatic rings. The molecule has 0 amide bonds. The van der Waals surface area contributed by atoms with Crippen LogP contribution >= 0.6 is 11.3 Å². The van der Waals surface area contributed by atoms with Crippen LogP contribution in [0.1, 0.15) is 36.9 Å². The van der Waals surface area contributed by atoms with Crippen LogP contribution < -0.4 is 10.6 Å². The van der Waals surface area contributed by atoms with Crippen molar-refractivity contribution in [1.29, 1.82) is 0 Å². The van der Waals surface area contributed by atoms with Crippen LogP contribution in [-0.4, -0.2) is 54.7 Å². The summed E-state index contributed by atoms with van der Waals surface area (Å²) in [5.74, 6) is 0.814. The third kappa shape index (κ3) is 8.77. The lowest BCUT2D eigenvalue weighted by Gasteiger charge is -2.32. The van der Waals surface area contributed by atoms with Crippen LogP contribution in [-0.2, 0) is 12.7 Å². The van der Waals surface area contributed by atoms with Crippen molar-refractivity contribution in [3.05, 3.63) is 16.1 Å². The van der Waals surface area contributed by atoms with E-state index in [2.05, 4.69) is 20.6 Å². The fourth-order valence-corrected chi connectivity index (χ4v) is 3.81. The van der Waals surface area contributed by atoms with Crippen molar-refractivity contribution in [2.24, 2.45) is 10.9 Å². The van der Waals surface area contributed by atoms with Crippen molar-refractivity contribution in [2.75, 3.05) is 32.7 Å². The topological polar surface area (TPSA) is 52.6 Å². The summed E-state index contributed by atoms with van der Waals surface area (Å²) in [7, 11) is 0. The van der Waals surface area contributed by atoms with E-state index in [4.69, 9.17) is 0 Å². The molecule has 29 heavy (non-hydrogen) atoms. The molecule has 0 saturated carbocycles. The molecule has 2 heterocycles. The molecule has 2 rings (SSSR count). The summed E-state index contributed by atoms with van der Waals surface area (Å²) in [6.07, 6.45) is -6.41. The molecular weight excluding hydrogens is 420 g/mol. The number of thiazole rings is 1. The first-order valence-corrected chi connectivity index (χ1v) is 10.3. The second-order valence-corrected chi connectivity index (χ2v) is 7.81. The number of aliphatic imine (C=N–C) groups is 1. The molecule has 166 valence electrons. The zero-order chi connectivity index (χ0) is 21.5. The number of guanidine groups is 1. The SMILES string of the molecule is CCNC(=NCc1nc(C(F)(F)F)cs1)NCCC1CCN(CC(F)(F)F)CC1. The third-order valence-electron chi connectivity index (χ3n) is 4.51. The van der Waals surface area contributed by atoms with Crippen LogP contribution in [0, 0.1) is 5.92 Å². The van der Waals surface area contributed by atoms with E-state index in [1.807, 2.05) is 6.92 Å². The third-order valence-corrected chi connectivity index (χ3v) is 5.35. The van der Waals surface area contributed by atoms with Crippen LogP contribution in [0.4, 0.5) is 26.3 Å². The zero-order valence-corrected chi connectivity index (χ0v) is 16.9. The molecule has 5 nitrogen and oxygen atoms in total. The van der Waals surface area contributed by atoms with Gasteiger partial charge in [0.1, 0.15) is 5.01 Å². The number of aromatic nitrogens is 1. The van der Waals surface area contributed by atoms with Gasteiger partial charge in [0.05, 0.1) is 13.1 Å². The Bertz CT molecular complexity index is 649. The normalized spacial score (nSPS) is 17.6. The predicted molar refractivity (Wildman–Crippen MR) is 99.8 cm³/mol. The maximum absolute atomic E-state index is 12.6. The molecule has 2 N–H and O–H groups in total. The standard InChI is InChI=1S/C17H25F6N5S/c1-2-24-15(26-9-14-27-13(10-29-14)17(21,22)23)25-6-3-12-4-7-28(8-5-12)11-16(18,19)20/h10,12H,2-9,11H2,1H3,(H2,24,25,26). The summed E-state index contributed by atoms with van der Waals surface area (Å²) in [6.45, 7) is 3.09. The average Bonchev–Trinajstić information content (AvgIpc) is 3.09. The molecule has 0 atom stereocenters. The van der Waals surface area contributed by atoms with Crippen LogP contribution in [0.25, 0.3) is 0 Å². The van der Waals surface area contributed by atoms with Gasteiger partial charge in [-0.05, 0) is 45.2 Å². The Morgan fingerprint density at radius 2 is 1.90 bits per heavy atom. The van der Waals surface area contributed by atoms with E-state index in [9.17, 15) is 26.3 Å². The molecular formula is C17H25F6N5S. The number of nitrogens with one attached hydrogen (secondary N) is 2. The quantitative estimate of drug-likeness (QED) is 0.380. The van der Waals surface area contributed by atoms with E-state index >= 15 is 0 Å². The molecule has 0 bridgehead atoms. The Morgan fingerprint density at radius 1 is 1.21 bits per heavy atom. The number of hydrogen-bond donors (Lipinski definition) is 2. The summed E-state index contributed by atoms with van der Waals surface area (Å²) < 4.78 is 75.1. The van der Waals surface area contributed by atoms with E-state index in [1.54, 1.807) is 0 Å². The Kier molecular flexibility index (Phi) is 8.56. The summed E-state index contributed by atoms with van der Waals surface area (Å²) in [4.78, 5) is 9.23. The van der Waals surface area contributed by atoms with Gasteiger partial charge in [0.2, 0.25) is 0 Å². The summed E-state index contributed by atoms with van der Waals surface area (Å²) in [5.41, 5.74) is -0.914. The number of halogens is 6. The Labute approximate surface area is 169 Å². The number of alkyl halides is 6. The fourth-order valence-electron chi connectivity index (χ4n) is 3.08. The van der Waals surface area contributed by atoms with Crippen molar-refractivity contribution < 1.29 is 26.3 Å². The number of piperidine rings is 1. The lowest BCUT2D eigenvalue weighted by Crippen LogP contribution is -2.41. The van der Waals surface area contributed by atoms with E-state index in [0.29, 0.717) is 50.9 Å². The molecule has 0 unspecified atom stereocenters. The summed E-state index contributed by atoms with van der Waals surface area (Å²) in [5, 5.41) is 7.38. The highest BCUT2D eigenvalue weighted by Crippen LogP contribution is 2.30. The first-order valence-electron chi connectivity index (χ1n) is 9.39. The van der Waals surface area contributed by atoms with Crippen molar-refractivity contribution >= 4 is 17.3 Å². The van der Waals surface area contributed by atoms with Crippen molar-refractivity contribution in [3.63, 3.8) is 0 Å². The highest BCUT2D eigenvalue weighted by Gasteiger charge is 2.34. The van der Waals surface area contributed by atoms with Crippen LogP contribution in [0.5, 0.6) is 0 Å². The lowest BCUT2D eigenvalue weighted by atomic mass is 9.93. The Morgan fingerprint density at radius 3 is 2.45 bits per heavy atom. The number of rotatable bonds is 7. The number of likely N-dealkylation sites (tertiary alicyclic amines) is 1. The van der Waals surface area contributed by atoms with Gasteiger partial charge in [0, 0.05) is 18.5 Å². The molecule has 1 saturated heterocycles. The molecule has 1 aromatic heterocycles. The second kappa shape index (κ2) is 10.5. The summed E-state index contributed by atoms with van der Waals surface area (Å²) in [6, 6.07) is 0. The van der Waals surface area contributed by atoms with Gasteiger partial charge >= 0.3 is 12.4 Å². The Balaban J connectivity index is 1.75. The minimum Gasteiger partial charge on any atom is -0.357 e. The van der Waals surface area contributed by atoms with Gasteiger partial charge in [-0.15, -0.1) is 11.3 Å². The first kappa shape index (κ1) is 23.7. The van der Waals surface area contributed by atoms with Crippen molar-refractivity contribution in [2.45, 2.75) is 45.1 Å². The minimum atomic E-state index is -4.46. The Hall–Kier alpha value is -1.56. The molecule has 0 spiro atoms. The molecule has 1 aromatic rings. The van der Waals surface area contributed by atoms with Gasteiger partial charge in [0.25, 0.3) is 0 Å². The smallest absolute Gasteiger partial charge is 0.357 e. The fraction of sp³-hybridized carbons (Fsp3) is 0.765. The van der Waals surface area contributed by atoms with E-state index in [-0.39, 0.29) is 11.6 Å². The van der Waals surface area contributed by atoms with Gasteiger partial charge in [-0.2, -0.15) is 26.3 Å². The predicted octanol–water partition coefficient (Wildman–Crippen LogP) is 3.88. The zero-order valence-electron chi connectivity index (χ0n) is 16.0. The van der Waals surface area contributed by atoms with Gasteiger partial charge in [0.15, 0.2) is 11.7 Å². The molecule has 1 aliphatic heterocycles. The maximum Gasteiger partial charge on any atom is 0.434 e. The second-order valence-electron chi connectivity index (χ2n) is 6.87. The van der Waals surface area contributed by atoms with Crippen molar-refractivity contribution in [1.82, 2.24) is 20.5 Å². The van der Waals surface area contributed by atoms with Gasteiger partial charge in [-0.1, -0.05) is 0 Å². The highest BCUT2D eigenvalue weighted by atomic mass is 32.1. The van der Waals surface area contributed by atoms with Gasteiger partial charge in [-0.25, -0.2) is 9.98 Å². The van der Waals surface area contributed by atoms with Crippen LogP contribution in [0.2, 0.25) is 0 Å². The minimum absolute atomic E-state index is 0.0336. The van der Waals surface area contributed by atoms with Crippen molar-refractivity contribution in [3.8, 4) is 0 Å². The van der Waals surface area contributed by atoms with Gasteiger partial charge < -0.3 is 10.6 Å². The largest absolute Gasteiger partial charge is 0.434 e. The average molecular weight is 445 g/mol. The maximum atomic E-state index is 12.6. The number of nitrogens with zero attached hydrogens (tertiary/aromatic N) is 3. The molecule has 0 radical (unpaired) electrons. The molecule has 0 aliphatic carbocycles. The first-order chi connectivity index (χ1) is 13.6. The van der Waals surface area contributed by atoms with E-state index < -0.39 is 24.6 Å². The number of hydrogen-bond acceptors (Lipinski definition) is 4. The molecule has 1 fully saturated rings. The molecule has 0 aromatic carbocycles. The summed E-state index contributed by atoms with van der Waals surface area (Å²) >= 11 is 0.909. The highest BCUT2D eigenvalue weighted by molar-refractivity contribution is 7.09. The van der Waals surface area contributed by atoms with E-state index in [0.717, 1.165) is 23.1 Å². The van der Waals surface area contributed by atoms with E-state index in [1.165, 1.54) is 4.90 Å². The molecule has 12 heteroatoms. The van der Waals surface area contributed by atoms with Crippen LogP contribution in [0.15, 0.2) is 10.4 Å². The van der Waals surface area contributed by atoms with Crippen LogP contribution in [0.3, 0.4) is 0 Å². The monoisotopic (exact) mass is 445 g/mol.